The largest absolute Gasteiger partial charge is 0.366 e. The van der Waals surface area contributed by atoms with Crippen molar-refractivity contribution in [3.63, 3.8) is 0 Å². The van der Waals surface area contributed by atoms with E-state index in [1.807, 2.05) is 31.1 Å². The topological polar surface area (TPSA) is 41.0 Å². The predicted octanol–water partition coefficient (Wildman–Crippen LogP) is 1.36. The van der Waals surface area contributed by atoms with Crippen LogP contribution in [0.5, 0.6) is 0 Å². The highest BCUT2D eigenvalue weighted by atomic mass is 15.3. The molecule has 1 aromatic heterocycles. The Bertz CT molecular complexity index is 253. The van der Waals surface area contributed by atoms with Crippen molar-refractivity contribution in [3.05, 3.63) is 12.1 Å². The molecule has 0 unspecified atom stereocenters. The maximum absolute atomic E-state index is 4.04. The third-order valence-corrected chi connectivity index (χ3v) is 1.55. The van der Waals surface area contributed by atoms with Gasteiger partial charge in [-0.2, -0.15) is 0 Å². The lowest BCUT2D eigenvalue weighted by Crippen LogP contribution is -2.14. The number of rotatable bonds is 3. The van der Waals surface area contributed by atoms with E-state index in [9.17, 15) is 0 Å². The van der Waals surface area contributed by atoms with Crippen LogP contribution in [0, 0.1) is 0 Å². The molecule has 0 aromatic carbocycles. The number of nitrogens with one attached hydrogen (secondary N) is 1. The van der Waals surface area contributed by atoms with E-state index in [0.717, 1.165) is 11.6 Å². The smallest absolute Gasteiger partial charge is 0.150 e. The third-order valence-electron chi connectivity index (χ3n) is 1.55. The Morgan fingerprint density at radius 1 is 1.23 bits per heavy atom. The van der Waals surface area contributed by atoms with Crippen molar-refractivity contribution in [2.24, 2.45) is 0 Å². The molecular formula is C9H16N4. The monoisotopic (exact) mass is 180 g/mol. The van der Waals surface area contributed by atoms with Crippen molar-refractivity contribution in [2.75, 3.05) is 24.3 Å². The first kappa shape index (κ1) is 9.77. The highest BCUT2D eigenvalue weighted by Crippen LogP contribution is 2.08. The molecule has 0 saturated carbocycles. The zero-order valence-corrected chi connectivity index (χ0v) is 8.57. The van der Waals surface area contributed by atoms with Gasteiger partial charge in [0.15, 0.2) is 5.82 Å². The van der Waals surface area contributed by atoms with E-state index in [4.69, 9.17) is 0 Å². The molecule has 0 aliphatic heterocycles. The predicted molar refractivity (Wildman–Crippen MR) is 55.1 cm³/mol. The third kappa shape index (κ3) is 2.89. The van der Waals surface area contributed by atoms with Gasteiger partial charge in [-0.25, -0.2) is 0 Å². The first-order valence-corrected chi connectivity index (χ1v) is 4.37. The molecule has 0 fully saturated rings. The highest BCUT2D eigenvalue weighted by Gasteiger charge is 1.99. The Morgan fingerprint density at radius 3 is 2.31 bits per heavy atom. The van der Waals surface area contributed by atoms with E-state index < -0.39 is 0 Å². The maximum atomic E-state index is 4.04. The first-order chi connectivity index (χ1) is 6.09. The Morgan fingerprint density at radius 2 is 1.92 bits per heavy atom. The van der Waals surface area contributed by atoms with Crippen LogP contribution < -0.4 is 10.2 Å². The average molecular weight is 180 g/mol. The Balaban J connectivity index is 2.70. The molecule has 4 heteroatoms. The normalized spacial score (nSPS) is 10.2. The molecule has 0 aliphatic carbocycles. The fourth-order valence-corrected chi connectivity index (χ4v) is 0.936. The summed E-state index contributed by atoms with van der Waals surface area (Å²) in [5.74, 6) is 1.69. The molecule has 1 N–H and O–H groups in total. The summed E-state index contributed by atoms with van der Waals surface area (Å²) >= 11 is 0. The zero-order valence-electron chi connectivity index (χ0n) is 8.57. The standard InChI is InChI=1S/C9H16N4/c1-7(2)10-8-5-6-9(12-11-8)13(3)4/h5-7H,1-4H3,(H,10,11). The summed E-state index contributed by atoms with van der Waals surface area (Å²) in [5, 5.41) is 11.3. The first-order valence-electron chi connectivity index (χ1n) is 4.37. The highest BCUT2D eigenvalue weighted by molar-refractivity contribution is 5.42. The molecule has 0 spiro atoms. The van der Waals surface area contributed by atoms with Gasteiger partial charge in [0.1, 0.15) is 5.82 Å². The summed E-state index contributed by atoms with van der Waals surface area (Å²) in [6.07, 6.45) is 0. The molecule has 0 atom stereocenters. The molecule has 0 aliphatic rings. The summed E-state index contributed by atoms with van der Waals surface area (Å²) in [7, 11) is 3.89. The Labute approximate surface area is 79.0 Å². The van der Waals surface area contributed by atoms with Gasteiger partial charge in [0.2, 0.25) is 0 Å². The van der Waals surface area contributed by atoms with Gasteiger partial charge in [0.25, 0.3) is 0 Å². The molecule has 0 bridgehead atoms. The lowest BCUT2D eigenvalue weighted by atomic mass is 10.4. The van der Waals surface area contributed by atoms with Crippen LogP contribution in [0.25, 0.3) is 0 Å². The van der Waals surface area contributed by atoms with Gasteiger partial charge in [0.05, 0.1) is 0 Å². The second-order valence-corrected chi connectivity index (χ2v) is 3.47. The molecule has 72 valence electrons. The van der Waals surface area contributed by atoms with Crippen molar-refractivity contribution in [1.82, 2.24) is 10.2 Å². The van der Waals surface area contributed by atoms with Gasteiger partial charge in [-0.3, -0.25) is 0 Å². The number of nitrogens with zero attached hydrogens (tertiary/aromatic N) is 3. The van der Waals surface area contributed by atoms with Crippen molar-refractivity contribution in [1.29, 1.82) is 0 Å². The summed E-state index contributed by atoms with van der Waals surface area (Å²) in [4.78, 5) is 1.92. The van der Waals surface area contributed by atoms with Crippen LogP contribution in [-0.4, -0.2) is 30.3 Å². The average Bonchev–Trinajstić information content (AvgIpc) is 2.04. The van der Waals surface area contributed by atoms with E-state index >= 15 is 0 Å². The second kappa shape index (κ2) is 4.07. The van der Waals surface area contributed by atoms with Crippen molar-refractivity contribution in [3.8, 4) is 0 Å². The maximum Gasteiger partial charge on any atom is 0.150 e. The van der Waals surface area contributed by atoms with Crippen LogP contribution in [-0.2, 0) is 0 Å². The van der Waals surface area contributed by atoms with Gasteiger partial charge in [0, 0.05) is 20.1 Å². The fourth-order valence-electron chi connectivity index (χ4n) is 0.936. The number of aromatic nitrogens is 2. The fraction of sp³-hybridized carbons (Fsp3) is 0.556. The quantitative estimate of drug-likeness (QED) is 0.762. The summed E-state index contributed by atoms with van der Waals surface area (Å²) in [5.41, 5.74) is 0. The lowest BCUT2D eigenvalue weighted by Gasteiger charge is -2.12. The molecule has 13 heavy (non-hydrogen) atoms. The molecule has 0 saturated heterocycles. The molecule has 4 nitrogen and oxygen atoms in total. The van der Waals surface area contributed by atoms with E-state index in [0.29, 0.717) is 6.04 Å². The van der Waals surface area contributed by atoms with Crippen LogP contribution in [0.2, 0.25) is 0 Å². The SMILES string of the molecule is CC(C)Nc1ccc(N(C)C)nn1. The van der Waals surface area contributed by atoms with Gasteiger partial charge in [-0.15, -0.1) is 10.2 Å². The van der Waals surface area contributed by atoms with Crippen molar-refractivity contribution < 1.29 is 0 Å². The van der Waals surface area contributed by atoms with E-state index in [2.05, 4.69) is 29.4 Å². The molecule has 0 amide bonds. The van der Waals surface area contributed by atoms with Crippen molar-refractivity contribution in [2.45, 2.75) is 19.9 Å². The molecule has 0 radical (unpaired) electrons. The van der Waals surface area contributed by atoms with Crippen LogP contribution in [0.1, 0.15) is 13.8 Å². The molecular weight excluding hydrogens is 164 g/mol. The Kier molecular flexibility index (Phi) is 3.06. The van der Waals surface area contributed by atoms with Crippen LogP contribution in [0.3, 0.4) is 0 Å². The van der Waals surface area contributed by atoms with Gasteiger partial charge in [-0.05, 0) is 26.0 Å². The molecule has 1 rings (SSSR count). The molecule has 1 heterocycles. The number of hydrogen-bond donors (Lipinski definition) is 1. The van der Waals surface area contributed by atoms with Crippen LogP contribution in [0.15, 0.2) is 12.1 Å². The minimum absolute atomic E-state index is 0.388. The summed E-state index contributed by atoms with van der Waals surface area (Å²) in [6.45, 7) is 4.14. The van der Waals surface area contributed by atoms with E-state index in [1.54, 1.807) is 0 Å². The van der Waals surface area contributed by atoms with Crippen molar-refractivity contribution >= 4 is 11.6 Å². The van der Waals surface area contributed by atoms with Crippen LogP contribution in [0.4, 0.5) is 11.6 Å². The minimum atomic E-state index is 0.388. The van der Waals surface area contributed by atoms with Gasteiger partial charge >= 0.3 is 0 Å². The number of hydrogen-bond acceptors (Lipinski definition) is 4. The minimum Gasteiger partial charge on any atom is -0.366 e. The number of anilines is 2. The van der Waals surface area contributed by atoms with E-state index in [-0.39, 0.29) is 0 Å². The lowest BCUT2D eigenvalue weighted by molar-refractivity contribution is 0.869. The van der Waals surface area contributed by atoms with Gasteiger partial charge < -0.3 is 10.2 Å². The van der Waals surface area contributed by atoms with Crippen LogP contribution >= 0.6 is 0 Å². The van der Waals surface area contributed by atoms with E-state index in [1.165, 1.54) is 0 Å². The zero-order chi connectivity index (χ0) is 9.84. The molecule has 1 aromatic rings. The Hall–Kier alpha value is -1.32. The summed E-state index contributed by atoms with van der Waals surface area (Å²) in [6, 6.07) is 4.26. The van der Waals surface area contributed by atoms with Gasteiger partial charge in [-0.1, -0.05) is 0 Å². The summed E-state index contributed by atoms with van der Waals surface area (Å²) < 4.78 is 0. The second-order valence-electron chi connectivity index (χ2n) is 3.47.